The van der Waals surface area contributed by atoms with Gasteiger partial charge in [0.15, 0.2) is 5.75 Å². The molecule has 4 aromatic rings. The number of pyridine rings is 1. The monoisotopic (exact) mass is 455 g/mol. The number of ether oxygens (including phenoxy) is 1. The van der Waals surface area contributed by atoms with Crippen molar-refractivity contribution in [2.24, 2.45) is 0 Å². The van der Waals surface area contributed by atoms with Gasteiger partial charge in [-0.2, -0.15) is 0 Å². The Kier molecular flexibility index (Phi) is 5.98. The lowest BCUT2D eigenvalue weighted by Crippen LogP contribution is -2.25. The quantitative estimate of drug-likeness (QED) is 0.447. The number of rotatable bonds is 6. The van der Waals surface area contributed by atoms with Crippen LogP contribution in [0.5, 0.6) is 5.75 Å². The molecule has 0 radical (unpaired) electrons. The smallest absolute Gasteiger partial charge is 0.263 e. The summed E-state index contributed by atoms with van der Waals surface area (Å²) in [6, 6.07) is 8.92. The van der Waals surface area contributed by atoms with Crippen LogP contribution in [0.25, 0.3) is 21.3 Å². The largest absolute Gasteiger partial charge is 0.488 e. The van der Waals surface area contributed by atoms with Gasteiger partial charge in [-0.1, -0.05) is 30.7 Å². The molecular formula is C23H22ClN3O3S. The number of hydrogen-bond acceptors (Lipinski definition) is 5. The molecule has 0 bridgehead atoms. The van der Waals surface area contributed by atoms with Crippen molar-refractivity contribution in [3.8, 4) is 16.9 Å². The Labute approximate surface area is 188 Å². The molecule has 1 N–H and O–H groups in total. The van der Waals surface area contributed by atoms with Gasteiger partial charge in [0.2, 0.25) is 5.43 Å². The van der Waals surface area contributed by atoms with Crippen LogP contribution in [0.15, 0.2) is 46.1 Å². The number of aromatic nitrogens is 3. The molecule has 4 rings (SSSR count). The normalized spacial score (nSPS) is 11.2. The zero-order valence-corrected chi connectivity index (χ0v) is 19.1. The fourth-order valence-corrected chi connectivity index (χ4v) is 4.74. The van der Waals surface area contributed by atoms with E-state index >= 15 is 0 Å². The predicted octanol–water partition coefficient (Wildman–Crippen LogP) is 4.92. The maximum atomic E-state index is 13.5. The summed E-state index contributed by atoms with van der Waals surface area (Å²) in [6.07, 6.45) is 2.37. The molecule has 0 saturated carbocycles. The number of aryl methyl sites for hydroxylation is 2. The molecule has 0 spiro atoms. The van der Waals surface area contributed by atoms with Crippen molar-refractivity contribution in [3.05, 3.63) is 78.5 Å². The van der Waals surface area contributed by atoms with Crippen LogP contribution in [0.3, 0.4) is 0 Å². The molecule has 1 aromatic carbocycles. The van der Waals surface area contributed by atoms with Crippen LogP contribution in [0.4, 0.5) is 0 Å². The van der Waals surface area contributed by atoms with Crippen molar-refractivity contribution in [2.75, 3.05) is 6.61 Å². The molecule has 0 aliphatic heterocycles. The topological polar surface area (TPSA) is 77.0 Å². The van der Waals surface area contributed by atoms with Crippen molar-refractivity contribution < 1.29 is 4.74 Å². The molecular weight excluding hydrogens is 434 g/mol. The van der Waals surface area contributed by atoms with Gasteiger partial charge in [-0.15, -0.1) is 11.3 Å². The summed E-state index contributed by atoms with van der Waals surface area (Å²) in [5.41, 5.74) is 2.06. The van der Waals surface area contributed by atoms with E-state index < -0.39 is 0 Å². The first kappa shape index (κ1) is 21.3. The van der Waals surface area contributed by atoms with Gasteiger partial charge in [0.05, 0.1) is 18.5 Å². The maximum Gasteiger partial charge on any atom is 0.263 e. The lowest BCUT2D eigenvalue weighted by atomic mass is 10.0. The minimum Gasteiger partial charge on any atom is -0.488 e. The van der Waals surface area contributed by atoms with Crippen LogP contribution >= 0.6 is 22.9 Å². The third kappa shape index (κ3) is 4.16. The van der Waals surface area contributed by atoms with E-state index in [1.165, 1.54) is 17.4 Å². The summed E-state index contributed by atoms with van der Waals surface area (Å²) in [7, 11) is 0. The van der Waals surface area contributed by atoms with Crippen LogP contribution < -0.4 is 15.7 Å². The Morgan fingerprint density at radius 1 is 1.19 bits per heavy atom. The Morgan fingerprint density at radius 3 is 2.61 bits per heavy atom. The lowest BCUT2D eigenvalue weighted by molar-refractivity contribution is 0.313. The molecule has 0 saturated heterocycles. The van der Waals surface area contributed by atoms with Crippen molar-refractivity contribution in [1.29, 1.82) is 0 Å². The van der Waals surface area contributed by atoms with Crippen LogP contribution in [-0.4, -0.2) is 21.1 Å². The number of H-pyrrole nitrogens is 1. The highest BCUT2D eigenvalue weighted by molar-refractivity contribution is 7.19. The standard InChI is InChI=1S/C23H22ClN3O3S/c1-4-9-30-19-11-25-17(10-18(19)28)12-27-14(3)26-22-21(23(27)29)20(13(2)31-22)15-5-7-16(24)8-6-15/h5-8,10-11H,4,9,12H2,1-3H3,(H,25,28). The zero-order valence-electron chi connectivity index (χ0n) is 17.5. The van der Waals surface area contributed by atoms with E-state index in [1.54, 1.807) is 17.7 Å². The van der Waals surface area contributed by atoms with E-state index in [2.05, 4.69) is 9.97 Å². The van der Waals surface area contributed by atoms with Crippen LogP contribution in [0.1, 0.15) is 29.7 Å². The van der Waals surface area contributed by atoms with Crippen molar-refractivity contribution >= 4 is 33.2 Å². The third-order valence-corrected chi connectivity index (χ3v) is 6.29. The van der Waals surface area contributed by atoms with Crippen LogP contribution in [-0.2, 0) is 6.54 Å². The molecule has 0 unspecified atom stereocenters. The minimum absolute atomic E-state index is 0.135. The number of benzene rings is 1. The summed E-state index contributed by atoms with van der Waals surface area (Å²) in [5, 5.41) is 1.23. The number of nitrogens with one attached hydrogen (secondary N) is 1. The summed E-state index contributed by atoms with van der Waals surface area (Å²) in [5.74, 6) is 0.871. The Morgan fingerprint density at radius 2 is 1.94 bits per heavy atom. The molecule has 0 fully saturated rings. The number of halogens is 1. The van der Waals surface area contributed by atoms with Gasteiger partial charge < -0.3 is 9.72 Å². The molecule has 8 heteroatoms. The summed E-state index contributed by atoms with van der Waals surface area (Å²) < 4.78 is 7.03. The average molecular weight is 456 g/mol. The van der Waals surface area contributed by atoms with Gasteiger partial charge in [-0.05, 0) is 38.0 Å². The number of fused-ring (bicyclic) bond motifs is 1. The van der Waals surface area contributed by atoms with E-state index in [9.17, 15) is 9.59 Å². The first-order valence-corrected chi connectivity index (χ1v) is 11.2. The van der Waals surface area contributed by atoms with E-state index in [0.29, 0.717) is 33.4 Å². The number of nitrogens with zero attached hydrogens (tertiary/aromatic N) is 2. The highest BCUT2D eigenvalue weighted by atomic mass is 35.5. The number of aromatic amines is 1. The summed E-state index contributed by atoms with van der Waals surface area (Å²) in [4.78, 5) is 35.3. The maximum absolute atomic E-state index is 13.5. The number of hydrogen-bond donors (Lipinski definition) is 1. The Bertz CT molecular complexity index is 1370. The van der Waals surface area contributed by atoms with E-state index in [0.717, 1.165) is 22.4 Å². The van der Waals surface area contributed by atoms with Crippen molar-refractivity contribution in [3.63, 3.8) is 0 Å². The first-order valence-electron chi connectivity index (χ1n) is 10.00. The molecule has 0 aliphatic carbocycles. The van der Waals surface area contributed by atoms with Gasteiger partial charge in [0.1, 0.15) is 10.7 Å². The van der Waals surface area contributed by atoms with Gasteiger partial charge >= 0.3 is 0 Å². The third-order valence-electron chi connectivity index (χ3n) is 5.04. The Hall–Kier alpha value is -2.90. The van der Waals surface area contributed by atoms with Gasteiger partial charge in [0.25, 0.3) is 5.56 Å². The molecule has 6 nitrogen and oxygen atoms in total. The first-order chi connectivity index (χ1) is 14.9. The highest BCUT2D eigenvalue weighted by Gasteiger charge is 2.19. The lowest BCUT2D eigenvalue weighted by Gasteiger charge is -2.11. The molecule has 0 amide bonds. The second-order valence-corrected chi connectivity index (χ2v) is 8.95. The van der Waals surface area contributed by atoms with Gasteiger partial charge in [0, 0.05) is 33.4 Å². The molecule has 0 aliphatic rings. The molecule has 3 aromatic heterocycles. The number of thiophene rings is 1. The zero-order chi connectivity index (χ0) is 22.1. The summed E-state index contributed by atoms with van der Waals surface area (Å²) >= 11 is 7.54. The molecule has 31 heavy (non-hydrogen) atoms. The minimum atomic E-state index is -0.213. The fraction of sp³-hybridized carbons (Fsp3) is 0.261. The molecule has 0 atom stereocenters. The van der Waals surface area contributed by atoms with Gasteiger partial charge in [-0.25, -0.2) is 4.98 Å². The van der Waals surface area contributed by atoms with E-state index in [1.807, 2.05) is 38.1 Å². The molecule has 3 heterocycles. The van der Waals surface area contributed by atoms with E-state index in [-0.39, 0.29) is 23.3 Å². The fourth-order valence-electron chi connectivity index (χ4n) is 3.53. The second-order valence-electron chi connectivity index (χ2n) is 7.31. The SMILES string of the molecule is CCCOc1c[nH]c(Cn2c(C)nc3sc(C)c(-c4ccc(Cl)cc4)c3c2=O)cc1=O. The van der Waals surface area contributed by atoms with Crippen molar-refractivity contribution in [1.82, 2.24) is 14.5 Å². The van der Waals surface area contributed by atoms with Crippen LogP contribution in [0.2, 0.25) is 5.02 Å². The molecule has 160 valence electrons. The van der Waals surface area contributed by atoms with Gasteiger partial charge in [-0.3, -0.25) is 14.2 Å². The second kappa shape index (κ2) is 8.69. The summed E-state index contributed by atoms with van der Waals surface area (Å²) in [6.45, 7) is 6.46. The highest BCUT2D eigenvalue weighted by Crippen LogP contribution is 2.36. The average Bonchev–Trinajstić information content (AvgIpc) is 3.07. The Balaban J connectivity index is 1.80. The van der Waals surface area contributed by atoms with Crippen molar-refractivity contribution in [2.45, 2.75) is 33.7 Å². The van der Waals surface area contributed by atoms with E-state index in [4.69, 9.17) is 16.3 Å². The predicted molar refractivity (Wildman–Crippen MR) is 126 cm³/mol. The van der Waals surface area contributed by atoms with Crippen LogP contribution in [0, 0.1) is 13.8 Å².